The highest BCUT2D eigenvalue weighted by Crippen LogP contribution is 2.32. The van der Waals surface area contributed by atoms with Crippen molar-refractivity contribution in [1.29, 1.82) is 0 Å². The molecular formula is C36H34N6O3S3. The molecule has 244 valence electrons. The van der Waals surface area contributed by atoms with Crippen LogP contribution in [-0.2, 0) is 16.2 Å². The number of aromatic nitrogens is 4. The molecule has 2 heterocycles. The van der Waals surface area contributed by atoms with Gasteiger partial charge in [0.1, 0.15) is 12.4 Å². The van der Waals surface area contributed by atoms with Crippen molar-refractivity contribution in [3.63, 3.8) is 0 Å². The Morgan fingerprint density at radius 3 is 2.38 bits per heavy atom. The third kappa shape index (κ3) is 8.25. The number of nitrogens with zero attached hydrogens (tertiary/aromatic N) is 4. The second-order valence-electron chi connectivity index (χ2n) is 11.3. The smallest absolute Gasteiger partial charge is 0.234 e. The van der Waals surface area contributed by atoms with Gasteiger partial charge in [0.25, 0.3) is 0 Å². The number of carbonyl (C=O) groups is 2. The van der Waals surface area contributed by atoms with Crippen LogP contribution in [0, 0.1) is 27.7 Å². The summed E-state index contributed by atoms with van der Waals surface area (Å²) in [6.45, 7) is 8.35. The van der Waals surface area contributed by atoms with Crippen molar-refractivity contribution in [2.75, 3.05) is 22.1 Å². The molecule has 0 radical (unpaired) electrons. The number of para-hydroxylation sites is 1. The number of carbonyl (C=O) groups excluding carboxylic acids is 2. The van der Waals surface area contributed by atoms with E-state index < -0.39 is 0 Å². The van der Waals surface area contributed by atoms with E-state index in [1.807, 2.05) is 103 Å². The molecule has 0 saturated carbocycles. The SMILES string of the molecule is Cc1ccc(NC(=O)CSc2nc3ccc(NC(=O)CSc4nnc(COc5ccc(C)c(C)c5)n4-c4ccccc4)cc3s2)c(C)c1. The van der Waals surface area contributed by atoms with Crippen LogP contribution in [0.25, 0.3) is 15.9 Å². The largest absolute Gasteiger partial charge is 0.486 e. The second kappa shape index (κ2) is 15.1. The van der Waals surface area contributed by atoms with Gasteiger partial charge >= 0.3 is 0 Å². The number of aryl methyl sites for hydroxylation is 4. The minimum Gasteiger partial charge on any atom is -0.486 e. The highest BCUT2D eigenvalue weighted by molar-refractivity contribution is 8.01. The molecule has 2 N–H and O–H groups in total. The average Bonchev–Trinajstić information content (AvgIpc) is 3.68. The summed E-state index contributed by atoms with van der Waals surface area (Å²) < 4.78 is 9.70. The zero-order valence-electron chi connectivity index (χ0n) is 26.9. The van der Waals surface area contributed by atoms with E-state index in [-0.39, 0.29) is 29.9 Å². The summed E-state index contributed by atoms with van der Waals surface area (Å²) >= 11 is 4.19. The predicted molar refractivity (Wildman–Crippen MR) is 196 cm³/mol. The number of hydrogen-bond acceptors (Lipinski definition) is 9. The molecule has 0 aliphatic rings. The lowest BCUT2D eigenvalue weighted by Crippen LogP contribution is -2.14. The number of fused-ring (bicyclic) bond motifs is 1. The number of benzene rings is 4. The van der Waals surface area contributed by atoms with E-state index in [0.29, 0.717) is 16.7 Å². The van der Waals surface area contributed by atoms with Gasteiger partial charge in [-0.3, -0.25) is 14.2 Å². The van der Waals surface area contributed by atoms with Crippen molar-refractivity contribution in [2.24, 2.45) is 0 Å². The molecule has 0 spiro atoms. The first-order valence-corrected chi connectivity index (χ1v) is 18.0. The first-order chi connectivity index (χ1) is 23.2. The highest BCUT2D eigenvalue weighted by Gasteiger charge is 2.17. The topological polar surface area (TPSA) is 111 Å². The first kappa shape index (κ1) is 33.3. The predicted octanol–water partition coefficient (Wildman–Crippen LogP) is 8.15. The maximum absolute atomic E-state index is 13.0. The highest BCUT2D eigenvalue weighted by atomic mass is 32.2. The van der Waals surface area contributed by atoms with Gasteiger partial charge in [-0.25, -0.2) is 4.98 Å². The van der Waals surface area contributed by atoms with Gasteiger partial charge < -0.3 is 15.4 Å². The molecule has 0 saturated heterocycles. The van der Waals surface area contributed by atoms with Crippen molar-refractivity contribution in [1.82, 2.24) is 19.7 Å². The van der Waals surface area contributed by atoms with E-state index in [2.05, 4.69) is 39.7 Å². The van der Waals surface area contributed by atoms with Crippen molar-refractivity contribution in [2.45, 2.75) is 43.8 Å². The number of thiazole rings is 1. The summed E-state index contributed by atoms with van der Waals surface area (Å²) in [5.41, 5.74) is 7.73. The summed E-state index contributed by atoms with van der Waals surface area (Å²) in [4.78, 5) is 30.3. The van der Waals surface area contributed by atoms with E-state index in [0.717, 1.165) is 48.4 Å². The summed E-state index contributed by atoms with van der Waals surface area (Å²) in [5.74, 6) is 1.53. The van der Waals surface area contributed by atoms with E-state index >= 15 is 0 Å². The molecule has 0 aliphatic heterocycles. The van der Waals surface area contributed by atoms with Crippen molar-refractivity contribution < 1.29 is 14.3 Å². The van der Waals surface area contributed by atoms with Crippen LogP contribution in [-0.4, -0.2) is 43.1 Å². The summed E-state index contributed by atoms with van der Waals surface area (Å²) in [6, 6.07) is 27.4. The maximum Gasteiger partial charge on any atom is 0.234 e. The third-order valence-corrected chi connectivity index (χ3v) is 10.6. The number of nitrogens with one attached hydrogen (secondary N) is 2. The van der Waals surface area contributed by atoms with Gasteiger partial charge in [-0.1, -0.05) is 65.5 Å². The summed E-state index contributed by atoms with van der Waals surface area (Å²) in [5, 5.41) is 15.4. The minimum absolute atomic E-state index is 0.0826. The maximum atomic E-state index is 13.0. The standard InChI is InChI=1S/C36H34N6O3S3/c1-22-10-14-29(25(4)16-22)38-34(44)21-47-36-39-30-15-12-26(18-31(30)48-36)37-33(43)20-46-35-41-40-32(42(35)27-8-6-5-7-9-27)19-45-28-13-11-23(2)24(3)17-28/h5-18H,19-21H2,1-4H3,(H,37,43)(H,38,44). The monoisotopic (exact) mass is 694 g/mol. The third-order valence-electron chi connectivity index (χ3n) is 7.53. The summed E-state index contributed by atoms with van der Waals surface area (Å²) in [6.07, 6.45) is 0. The molecular weight excluding hydrogens is 661 g/mol. The molecule has 0 bridgehead atoms. The van der Waals surface area contributed by atoms with Gasteiger partial charge in [-0.2, -0.15) is 0 Å². The van der Waals surface area contributed by atoms with Gasteiger partial charge in [0, 0.05) is 17.1 Å². The Hall–Kier alpha value is -4.65. The molecule has 2 aromatic heterocycles. The number of anilines is 2. The fraction of sp³-hybridized carbons (Fsp3) is 0.194. The number of ether oxygens (including phenoxy) is 1. The second-order valence-corrected chi connectivity index (χ2v) is 14.5. The van der Waals surface area contributed by atoms with Gasteiger partial charge in [-0.05, 0) is 92.9 Å². The Bertz CT molecular complexity index is 2090. The number of rotatable bonds is 12. The number of thioether (sulfide) groups is 2. The number of amides is 2. The van der Waals surface area contributed by atoms with Gasteiger partial charge in [-0.15, -0.1) is 21.5 Å². The lowest BCUT2D eigenvalue weighted by Gasteiger charge is -2.12. The zero-order chi connectivity index (χ0) is 33.6. The van der Waals surface area contributed by atoms with Crippen LogP contribution in [0.3, 0.4) is 0 Å². The average molecular weight is 695 g/mol. The van der Waals surface area contributed by atoms with Crippen molar-refractivity contribution >= 4 is 68.3 Å². The minimum atomic E-state index is -0.169. The van der Waals surface area contributed by atoms with Crippen LogP contribution >= 0.6 is 34.9 Å². The molecule has 0 unspecified atom stereocenters. The van der Waals surface area contributed by atoms with Crippen molar-refractivity contribution in [3.05, 3.63) is 113 Å². The Kier molecular flexibility index (Phi) is 10.4. The van der Waals surface area contributed by atoms with E-state index in [1.165, 1.54) is 40.4 Å². The van der Waals surface area contributed by atoms with Gasteiger partial charge in [0.15, 0.2) is 15.3 Å². The molecule has 6 rings (SSSR count). The molecule has 12 heteroatoms. The Morgan fingerprint density at radius 2 is 1.58 bits per heavy atom. The van der Waals surface area contributed by atoms with E-state index in [1.54, 1.807) is 0 Å². The lowest BCUT2D eigenvalue weighted by atomic mass is 10.1. The van der Waals surface area contributed by atoms with Crippen LogP contribution in [0.15, 0.2) is 94.4 Å². The van der Waals surface area contributed by atoms with Crippen LogP contribution in [0.5, 0.6) is 5.75 Å². The van der Waals surface area contributed by atoms with Gasteiger partial charge in [0.05, 0.1) is 21.7 Å². The summed E-state index contributed by atoms with van der Waals surface area (Å²) in [7, 11) is 0. The Labute approximate surface area is 291 Å². The van der Waals surface area contributed by atoms with E-state index in [9.17, 15) is 9.59 Å². The van der Waals surface area contributed by atoms with Crippen LogP contribution < -0.4 is 15.4 Å². The Morgan fingerprint density at radius 1 is 0.792 bits per heavy atom. The van der Waals surface area contributed by atoms with E-state index in [4.69, 9.17) is 4.74 Å². The lowest BCUT2D eigenvalue weighted by molar-refractivity contribution is -0.114. The fourth-order valence-electron chi connectivity index (χ4n) is 4.91. The van der Waals surface area contributed by atoms with Crippen LogP contribution in [0.1, 0.15) is 28.1 Å². The molecule has 0 atom stereocenters. The molecule has 4 aromatic carbocycles. The Balaban J connectivity index is 1.06. The quantitative estimate of drug-likeness (QED) is 0.124. The fourth-order valence-corrected chi connectivity index (χ4v) is 7.59. The van der Waals surface area contributed by atoms with Crippen molar-refractivity contribution in [3.8, 4) is 11.4 Å². The molecule has 2 amide bonds. The molecule has 0 fully saturated rings. The molecule has 0 aliphatic carbocycles. The zero-order valence-corrected chi connectivity index (χ0v) is 29.4. The molecule has 9 nitrogen and oxygen atoms in total. The van der Waals surface area contributed by atoms with Gasteiger partial charge in [0.2, 0.25) is 11.8 Å². The van der Waals surface area contributed by atoms with Crippen LogP contribution in [0.4, 0.5) is 11.4 Å². The normalized spacial score (nSPS) is 11.1. The molecule has 48 heavy (non-hydrogen) atoms. The number of hydrogen-bond donors (Lipinski definition) is 2. The van der Waals surface area contributed by atoms with Crippen LogP contribution in [0.2, 0.25) is 0 Å². The molecule has 6 aromatic rings. The first-order valence-electron chi connectivity index (χ1n) is 15.2.